The summed E-state index contributed by atoms with van der Waals surface area (Å²) in [6, 6.07) is 6.17. The van der Waals surface area contributed by atoms with Gasteiger partial charge in [-0.05, 0) is 37.5 Å². The maximum absolute atomic E-state index is 5.95. The first-order valence-electron chi connectivity index (χ1n) is 6.20. The first kappa shape index (κ1) is 12.9. The van der Waals surface area contributed by atoms with Gasteiger partial charge < -0.3 is 10.6 Å². The van der Waals surface area contributed by atoms with E-state index in [4.69, 9.17) is 5.73 Å². The normalized spacial score (nSPS) is 12.5. The summed E-state index contributed by atoms with van der Waals surface area (Å²) in [5.41, 5.74) is 9.32. The van der Waals surface area contributed by atoms with Crippen molar-refractivity contribution in [2.75, 3.05) is 23.7 Å². The van der Waals surface area contributed by atoms with Gasteiger partial charge in [-0.1, -0.05) is 26.3 Å². The van der Waals surface area contributed by atoms with Gasteiger partial charge in [0, 0.05) is 24.5 Å². The van der Waals surface area contributed by atoms with Gasteiger partial charge in [-0.3, -0.25) is 0 Å². The molecular formula is C14H24N2. The third-order valence-corrected chi connectivity index (χ3v) is 3.30. The van der Waals surface area contributed by atoms with Crippen LogP contribution in [0.5, 0.6) is 0 Å². The Morgan fingerprint density at radius 3 is 2.56 bits per heavy atom. The Balaban J connectivity index is 2.90. The summed E-state index contributed by atoms with van der Waals surface area (Å²) < 4.78 is 0. The van der Waals surface area contributed by atoms with Crippen LogP contribution in [0.3, 0.4) is 0 Å². The number of rotatable bonds is 5. The Hall–Kier alpha value is -1.18. The molecule has 1 aromatic carbocycles. The number of nitrogen functional groups attached to an aromatic ring is 1. The molecule has 2 nitrogen and oxygen atoms in total. The monoisotopic (exact) mass is 220 g/mol. The lowest BCUT2D eigenvalue weighted by Gasteiger charge is -2.28. The molecule has 2 heteroatoms. The lowest BCUT2D eigenvalue weighted by atomic mass is 10.1. The fourth-order valence-electron chi connectivity index (χ4n) is 1.89. The first-order valence-corrected chi connectivity index (χ1v) is 6.20. The van der Waals surface area contributed by atoms with E-state index in [1.165, 1.54) is 17.7 Å². The third-order valence-electron chi connectivity index (χ3n) is 3.30. The van der Waals surface area contributed by atoms with Crippen molar-refractivity contribution in [2.24, 2.45) is 5.92 Å². The molecule has 1 atom stereocenters. The first-order chi connectivity index (χ1) is 7.60. The highest BCUT2D eigenvalue weighted by atomic mass is 15.1. The predicted octanol–water partition coefficient (Wildman–Crippen LogP) is 3.45. The van der Waals surface area contributed by atoms with Crippen molar-refractivity contribution in [2.45, 2.75) is 34.1 Å². The number of hydrogen-bond acceptors (Lipinski definition) is 2. The van der Waals surface area contributed by atoms with E-state index in [-0.39, 0.29) is 0 Å². The molecule has 0 aliphatic rings. The van der Waals surface area contributed by atoms with Crippen molar-refractivity contribution in [1.29, 1.82) is 0 Å². The zero-order valence-electron chi connectivity index (χ0n) is 11.0. The molecule has 90 valence electrons. The fourth-order valence-corrected chi connectivity index (χ4v) is 1.89. The molecule has 0 amide bonds. The van der Waals surface area contributed by atoms with E-state index in [0.29, 0.717) is 0 Å². The standard InChI is InChI=1S/C14H24N2/c1-5-11(3)10-16(6-2)14-9-7-8-13(15)12(14)4/h7-9,11H,5-6,10,15H2,1-4H3. The highest BCUT2D eigenvalue weighted by Gasteiger charge is 2.11. The summed E-state index contributed by atoms with van der Waals surface area (Å²) in [6.45, 7) is 11.0. The third kappa shape index (κ3) is 2.91. The Labute approximate surface area is 99.5 Å². The zero-order valence-corrected chi connectivity index (χ0v) is 11.0. The predicted molar refractivity (Wildman–Crippen MR) is 72.9 cm³/mol. The summed E-state index contributed by atoms with van der Waals surface area (Å²) in [5, 5.41) is 0. The molecule has 1 aromatic rings. The minimum atomic E-state index is 0.723. The second-order valence-electron chi connectivity index (χ2n) is 4.54. The molecular weight excluding hydrogens is 196 g/mol. The van der Waals surface area contributed by atoms with Gasteiger partial charge >= 0.3 is 0 Å². The summed E-state index contributed by atoms with van der Waals surface area (Å²) in [7, 11) is 0. The summed E-state index contributed by atoms with van der Waals surface area (Å²) in [4.78, 5) is 2.42. The van der Waals surface area contributed by atoms with Crippen LogP contribution in [0, 0.1) is 12.8 Å². The van der Waals surface area contributed by atoms with Crippen LogP contribution in [-0.2, 0) is 0 Å². The summed E-state index contributed by atoms with van der Waals surface area (Å²) in [5.74, 6) is 0.723. The van der Waals surface area contributed by atoms with Gasteiger partial charge in [-0.25, -0.2) is 0 Å². The van der Waals surface area contributed by atoms with Crippen LogP contribution < -0.4 is 10.6 Å². The lowest BCUT2D eigenvalue weighted by molar-refractivity contribution is 0.547. The molecule has 2 N–H and O–H groups in total. The number of hydrogen-bond donors (Lipinski definition) is 1. The minimum absolute atomic E-state index is 0.723. The molecule has 0 saturated heterocycles. The van der Waals surface area contributed by atoms with Crippen molar-refractivity contribution in [3.8, 4) is 0 Å². The number of benzene rings is 1. The molecule has 0 saturated carbocycles. The van der Waals surface area contributed by atoms with Crippen molar-refractivity contribution < 1.29 is 0 Å². The Morgan fingerprint density at radius 1 is 1.31 bits per heavy atom. The quantitative estimate of drug-likeness (QED) is 0.770. The number of nitrogens with zero attached hydrogens (tertiary/aromatic N) is 1. The van der Waals surface area contributed by atoms with E-state index in [9.17, 15) is 0 Å². The second-order valence-corrected chi connectivity index (χ2v) is 4.54. The van der Waals surface area contributed by atoms with Gasteiger partial charge in [0.25, 0.3) is 0 Å². The summed E-state index contributed by atoms with van der Waals surface area (Å²) in [6.07, 6.45) is 1.22. The van der Waals surface area contributed by atoms with Crippen LogP contribution in [0.25, 0.3) is 0 Å². The maximum Gasteiger partial charge on any atom is 0.0416 e. The molecule has 1 unspecified atom stereocenters. The molecule has 0 radical (unpaired) electrons. The molecule has 0 aliphatic carbocycles. The van der Waals surface area contributed by atoms with E-state index in [1.54, 1.807) is 0 Å². The Morgan fingerprint density at radius 2 is 2.00 bits per heavy atom. The van der Waals surface area contributed by atoms with Crippen LogP contribution in [0.1, 0.15) is 32.8 Å². The van der Waals surface area contributed by atoms with Gasteiger partial charge in [0.05, 0.1) is 0 Å². The van der Waals surface area contributed by atoms with Crippen molar-refractivity contribution >= 4 is 11.4 Å². The lowest BCUT2D eigenvalue weighted by Crippen LogP contribution is -2.28. The zero-order chi connectivity index (χ0) is 12.1. The molecule has 0 aromatic heterocycles. The van der Waals surface area contributed by atoms with Gasteiger partial charge in [0.2, 0.25) is 0 Å². The molecule has 0 heterocycles. The van der Waals surface area contributed by atoms with Crippen LogP contribution >= 0.6 is 0 Å². The summed E-state index contributed by atoms with van der Waals surface area (Å²) >= 11 is 0. The molecule has 0 aliphatic heterocycles. The second kappa shape index (κ2) is 5.78. The number of anilines is 2. The molecule has 16 heavy (non-hydrogen) atoms. The van der Waals surface area contributed by atoms with Crippen molar-refractivity contribution in [3.63, 3.8) is 0 Å². The largest absolute Gasteiger partial charge is 0.398 e. The van der Waals surface area contributed by atoms with E-state index in [2.05, 4.69) is 38.7 Å². The Kier molecular flexibility index (Phi) is 4.66. The average Bonchev–Trinajstić information content (AvgIpc) is 2.29. The molecule has 0 spiro atoms. The van der Waals surface area contributed by atoms with E-state index in [0.717, 1.165) is 24.7 Å². The smallest absolute Gasteiger partial charge is 0.0416 e. The molecule has 0 bridgehead atoms. The highest BCUT2D eigenvalue weighted by molar-refractivity contribution is 5.64. The van der Waals surface area contributed by atoms with Crippen LogP contribution in [0.2, 0.25) is 0 Å². The van der Waals surface area contributed by atoms with Crippen molar-refractivity contribution in [1.82, 2.24) is 0 Å². The number of nitrogens with two attached hydrogens (primary N) is 1. The van der Waals surface area contributed by atoms with Crippen molar-refractivity contribution in [3.05, 3.63) is 23.8 Å². The maximum atomic E-state index is 5.95. The van der Waals surface area contributed by atoms with E-state index >= 15 is 0 Å². The van der Waals surface area contributed by atoms with Gasteiger partial charge in [-0.2, -0.15) is 0 Å². The highest BCUT2D eigenvalue weighted by Crippen LogP contribution is 2.25. The fraction of sp³-hybridized carbons (Fsp3) is 0.571. The van der Waals surface area contributed by atoms with Crippen LogP contribution in [0.4, 0.5) is 11.4 Å². The molecule has 0 fully saturated rings. The topological polar surface area (TPSA) is 29.3 Å². The van der Waals surface area contributed by atoms with E-state index in [1.807, 2.05) is 12.1 Å². The Bertz CT molecular complexity index is 334. The minimum Gasteiger partial charge on any atom is -0.398 e. The SMILES string of the molecule is CCC(C)CN(CC)c1cccc(N)c1C. The van der Waals surface area contributed by atoms with Gasteiger partial charge in [0.15, 0.2) is 0 Å². The van der Waals surface area contributed by atoms with Crippen LogP contribution in [0.15, 0.2) is 18.2 Å². The van der Waals surface area contributed by atoms with Gasteiger partial charge in [-0.15, -0.1) is 0 Å². The van der Waals surface area contributed by atoms with E-state index < -0.39 is 0 Å². The molecule has 1 rings (SSSR count). The van der Waals surface area contributed by atoms with Gasteiger partial charge in [0.1, 0.15) is 0 Å². The average molecular weight is 220 g/mol. The van der Waals surface area contributed by atoms with Crippen LogP contribution in [-0.4, -0.2) is 13.1 Å².